The molecule has 4 atom stereocenters. The zero-order chi connectivity index (χ0) is 12.8. The Kier molecular flexibility index (Phi) is 5.92. The van der Waals surface area contributed by atoms with Crippen molar-refractivity contribution in [3.05, 3.63) is 0 Å². The monoisotopic (exact) mass is 242 g/mol. The van der Waals surface area contributed by atoms with Crippen molar-refractivity contribution in [3.8, 4) is 0 Å². The van der Waals surface area contributed by atoms with E-state index in [1.54, 1.807) is 0 Å². The number of amides is 1. The van der Waals surface area contributed by atoms with Crippen LogP contribution in [0.2, 0.25) is 0 Å². The number of aliphatic hydroxyl groups excluding tert-OH is 1. The van der Waals surface area contributed by atoms with Crippen LogP contribution in [0.15, 0.2) is 0 Å². The van der Waals surface area contributed by atoms with Crippen molar-refractivity contribution >= 4 is 5.91 Å². The zero-order valence-corrected chi connectivity index (χ0v) is 11.2. The van der Waals surface area contributed by atoms with Gasteiger partial charge in [-0.25, -0.2) is 0 Å². The van der Waals surface area contributed by atoms with Crippen LogP contribution in [-0.4, -0.2) is 35.7 Å². The summed E-state index contributed by atoms with van der Waals surface area (Å²) in [4.78, 5) is 11.9. The van der Waals surface area contributed by atoms with Crippen molar-refractivity contribution in [2.75, 3.05) is 6.61 Å². The van der Waals surface area contributed by atoms with E-state index in [2.05, 4.69) is 17.6 Å². The molecule has 4 nitrogen and oxygen atoms in total. The Hall–Kier alpha value is -0.610. The van der Waals surface area contributed by atoms with E-state index in [-0.39, 0.29) is 30.6 Å². The fourth-order valence-corrected chi connectivity index (χ4v) is 2.34. The molecule has 1 rings (SSSR count). The molecule has 0 aromatic heterocycles. The summed E-state index contributed by atoms with van der Waals surface area (Å²) in [5.41, 5.74) is 0. The Morgan fingerprint density at radius 1 is 1.41 bits per heavy atom. The lowest BCUT2D eigenvalue weighted by molar-refractivity contribution is -0.123. The van der Waals surface area contributed by atoms with Crippen molar-refractivity contribution in [1.29, 1.82) is 0 Å². The van der Waals surface area contributed by atoms with Crippen LogP contribution in [0.5, 0.6) is 0 Å². The Bertz CT molecular complexity index is 246. The van der Waals surface area contributed by atoms with E-state index in [9.17, 15) is 9.90 Å². The summed E-state index contributed by atoms with van der Waals surface area (Å²) >= 11 is 0. The number of hydrogen-bond acceptors (Lipinski definition) is 3. The normalized spacial score (nSPS) is 27.8. The average Bonchev–Trinajstić information content (AvgIpc) is 2.75. The van der Waals surface area contributed by atoms with Crippen LogP contribution in [0.3, 0.4) is 0 Å². The first-order valence-electron chi connectivity index (χ1n) is 6.75. The predicted octanol–water partition coefficient (Wildman–Crippen LogP) is 1.04. The van der Waals surface area contributed by atoms with Crippen LogP contribution < -0.4 is 10.6 Å². The third-order valence-electron chi connectivity index (χ3n) is 3.75. The maximum absolute atomic E-state index is 11.9. The highest BCUT2D eigenvalue weighted by molar-refractivity contribution is 5.81. The highest BCUT2D eigenvalue weighted by Gasteiger charge is 2.29. The summed E-state index contributed by atoms with van der Waals surface area (Å²) < 4.78 is 0. The van der Waals surface area contributed by atoms with Gasteiger partial charge in [-0.1, -0.05) is 13.3 Å². The lowest BCUT2D eigenvalue weighted by Crippen LogP contribution is -2.49. The van der Waals surface area contributed by atoms with Crippen LogP contribution in [0.4, 0.5) is 0 Å². The molecule has 0 bridgehead atoms. The van der Waals surface area contributed by atoms with Gasteiger partial charge in [-0.15, -0.1) is 0 Å². The minimum absolute atomic E-state index is 0.0583. The predicted molar refractivity (Wildman–Crippen MR) is 68.7 cm³/mol. The van der Waals surface area contributed by atoms with E-state index in [1.165, 1.54) is 0 Å². The fraction of sp³-hybridized carbons (Fsp3) is 0.923. The van der Waals surface area contributed by atoms with Crippen molar-refractivity contribution < 1.29 is 9.90 Å². The molecule has 1 aliphatic rings. The molecule has 17 heavy (non-hydrogen) atoms. The fourth-order valence-electron chi connectivity index (χ4n) is 2.34. The molecule has 0 aliphatic heterocycles. The molecule has 0 spiro atoms. The Labute approximate surface area is 104 Å². The van der Waals surface area contributed by atoms with Gasteiger partial charge in [0, 0.05) is 18.7 Å². The first kappa shape index (κ1) is 14.5. The van der Waals surface area contributed by atoms with E-state index >= 15 is 0 Å². The van der Waals surface area contributed by atoms with Gasteiger partial charge in [0.2, 0.25) is 5.91 Å². The third-order valence-corrected chi connectivity index (χ3v) is 3.75. The van der Waals surface area contributed by atoms with Crippen LogP contribution in [0.25, 0.3) is 0 Å². The number of hydrogen-bond donors (Lipinski definition) is 3. The van der Waals surface area contributed by atoms with Crippen molar-refractivity contribution in [2.45, 2.75) is 64.6 Å². The van der Waals surface area contributed by atoms with E-state index in [4.69, 9.17) is 0 Å². The average molecular weight is 242 g/mol. The molecule has 0 heterocycles. The summed E-state index contributed by atoms with van der Waals surface area (Å²) in [6.07, 6.45) is 4.21. The Balaban J connectivity index is 2.37. The van der Waals surface area contributed by atoms with E-state index in [0.29, 0.717) is 5.92 Å². The summed E-state index contributed by atoms with van der Waals surface area (Å²) in [6, 6.07) is 0.336. The van der Waals surface area contributed by atoms with Crippen molar-refractivity contribution in [2.24, 2.45) is 5.92 Å². The van der Waals surface area contributed by atoms with Crippen LogP contribution in [0, 0.1) is 5.92 Å². The standard InChI is InChI=1S/C13H26N2O2/c1-4-9(2)14-13(17)10(3)15-12-7-5-6-11(12)8-16/h9-12,15-16H,4-8H2,1-3H3,(H,14,17). The minimum atomic E-state index is -0.179. The van der Waals surface area contributed by atoms with Gasteiger partial charge < -0.3 is 15.7 Å². The summed E-state index contributed by atoms with van der Waals surface area (Å²) in [7, 11) is 0. The largest absolute Gasteiger partial charge is 0.396 e. The van der Waals surface area contributed by atoms with Gasteiger partial charge in [-0.3, -0.25) is 4.79 Å². The molecule has 4 unspecified atom stereocenters. The molecule has 0 radical (unpaired) electrons. The zero-order valence-electron chi connectivity index (χ0n) is 11.2. The second kappa shape index (κ2) is 6.97. The molecule has 0 saturated heterocycles. The number of nitrogens with one attached hydrogen (secondary N) is 2. The van der Waals surface area contributed by atoms with Gasteiger partial charge in [-0.2, -0.15) is 0 Å². The van der Waals surface area contributed by atoms with Gasteiger partial charge in [0.15, 0.2) is 0 Å². The van der Waals surface area contributed by atoms with Gasteiger partial charge in [0.1, 0.15) is 0 Å². The number of rotatable bonds is 6. The van der Waals surface area contributed by atoms with Gasteiger partial charge in [-0.05, 0) is 39.0 Å². The molecular formula is C13H26N2O2. The smallest absolute Gasteiger partial charge is 0.237 e. The molecule has 1 fully saturated rings. The second-order valence-electron chi connectivity index (χ2n) is 5.19. The first-order valence-corrected chi connectivity index (χ1v) is 6.75. The van der Waals surface area contributed by atoms with Gasteiger partial charge >= 0.3 is 0 Å². The number of carbonyl (C=O) groups is 1. The molecule has 3 N–H and O–H groups in total. The molecule has 0 aromatic carbocycles. The molecule has 1 saturated carbocycles. The maximum Gasteiger partial charge on any atom is 0.237 e. The molecule has 1 amide bonds. The summed E-state index contributed by atoms with van der Waals surface area (Å²) in [6.45, 7) is 6.18. The van der Waals surface area contributed by atoms with E-state index < -0.39 is 0 Å². The van der Waals surface area contributed by atoms with Gasteiger partial charge in [0.05, 0.1) is 6.04 Å². The quantitative estimate of drug-likeness (QED) is 0.652. The van der Waals surface area contributed by atoms with Crippen LogP contribution >= 0.6 is 0 Å². The van der Waals surface area contributed by atoms with Gasteiger partial charge in [0.25, 0.3) is 0 Å². The highest BCUT2D eigenvalue weighted by Crippen LogP contribution is 2.25. The van der Waals surface area contributed by atoms with E-state index in [1.807, 2.05) is 13.8 Å². The minimum Gasteiger partial charge on any atom is -0.396 e. The SMILES string of the molecule is CCC(C)NC(=O)C(C)NC1CCCC1CO. The lowest BCUT2D eigenvalue weighted by atomic mass is 10.0. The van der Waals surface area contributed by atoms with Crippen LogP contribution in [0.1, 0.15) is 46.5 Å². The van der Waals surface area contributed by atoms with Crippen molar-refractivity contribution in [1.82, 2.24) is 10.6 Å². The Morgan fingerprint density at radius 3 is 2.71 bits per heavy atom. The Morgan fingerprint density at radius 2 is 2.12 bits per heavy atom. The second-order valence-corrected chi connectivity index (χ2v) is 5.19. The molecular weight excluding hydrogens is 216 g/mol. The molecule has 1 aliphatic carbocycles. The molecule has 100 valence electrons. The van der Waals surface area contributed by atoms with Crippen molar-refractivity contribution in [3.63, 3.8) is 0 Å². The molecule has 0 aromatic rings. The number of aliphatic hydroxyl groups is 1. The first-order chi connectivity index (χ1) is 8.08. The van der Waals surface area contributed by atoms with Crippen LogP contribution in [-0.2, 0) is 4.79 Å². The summed E-state index contributed by atoms with van der Waals surface area (Å²) in [5.74, 6) is 0.372. The number of carbonyl (C=O) groups excluding carboxylic acids is 1. The molecule has 4 heteroatoms. The maximum atomic E-state index is 11.9. The lowest BCUT2D eigenvalue weighted by Gasteiger charge is -2.24. The van der Waals surface area contributed by atoms with E-state index in [0.717, 1.165) is 25.7 Å². The highest BCUT2D eigenvalue weighted by atomic mass is 16.3. The summed E-state index contributed by atoms with van der Waals surface area (Å²) in [5, 5.41) is 15.5. The third kappa shape index (κ3) is 4.28. The topological polar surface area (TPSA) is 61.4 Å².